The van der Waals surface area contributed by atoms with Crippen molar-refractivity contribution in [3.8, 4) is 39.7 Å². The fourth-order valence-electron chi connectivity index (χ4n) is 4.03. The Labute approximate surface area is 191 Å². The maximum absolute atomic E-state index is 4.93. The van der Waals surface area contributed by atoms with Crippen molar-refractivity contribution in [1.82, 2.24) is 24.5 Å². The van der Waals surface area contributed by atoms with E-state index in [2.05, 4.69) is 63.5 Å². The van der Waals surface area contributed by atoms with Crippen molar-refractivity contribution in [3.05, 3.63) is 116 Å². The van der Waals surface area contributed by atoms with E-state index in [0.717, 1.165) is 50.6 Å². The third-order valence-electron chi connectivity index (χ3n) is 5.62. The van der Waals surface area contributed by atoms with Crippen molar-refractivity contribution >= 4 is 10.9 Å². The number of nitrogens with zero attached hydrogens (tertiary/aromatic N) is 5. The van der Waals surface area contributed by atoms with Gasteiger partial charge in [-0.15, -0.1) is 0 Å². The highest BCUT2D eigenvalue weighted by atomic mass is 15.1. The van der Waals surface area contributed by atoms with Crippen LogP contribution in [0.1, 0.15) is 0 Å². The molecule has 0 aliphatic rings. The zero-order valence-corrected chi connectivity index (χ0v) is 17.7. The number of pyridine rings is 3. The van der Waals surface area contributed by atoms with Gasteiger partial charge in [0.25, 0.3) is 0 Å². The maximum Gasteiger partial charge on any atom is 0.146 e. The zero-order chi connectivity index (χ0) is 22.0. The van der Waals surface area contributed by atoms with E-state index < -0.39 is 0 Å². The van der Waals surface area contributed by atoms with Crippen LogP contribution in [0, 0.1) is 0 Å². The first-order valence-electron chi connectivity index (χ1n) is 10.7. The number of aromatic nitrogens is 5. The summed E-state index contributed by atoms with van der Waals surface area (Å²) in [5.41, 5.74) is 5.86. The van der Waals surface area contributed by atoms with Gasteiger partial charge in [0.2, 0.25) is 0 Å². The molecule has 0 fully saturated rings. The van der Waals surface area contributed by atoms with Crippen molar-refractivity contribution in [2.24, 2.45) is 0 Å². The number of imidazole rings is 1. The number of fused-ring (bicyclic) bond motifs is 1. The molecule has 6 rings (SSSR count). The van der Waals surface area contributed by atoms with Gasteiger partial charge in [-0.1, -0.05) is 60.7 Å². The van der Waals surface area contributed by atoms with Gasteiger partial charge in [0.15, 0.2) is 0 Å². The Balaban J connectivity index is 1.46. The minimum Gasteiger partial charge on any atom is -0.283 e. The van der Waals surface area contributed by atoms with E-state index >= 15 is 0 Å². The number of rotatable bonds is 4. The number of benzene rings is 2. The van der Waals surface area contributed by atoms with Crippen LogP contribution >= 0.6 is 0 Å². The van der Waals surface area contributed by atoms with Crippen LogP contribution in [0.5, 0.6) is 0 Å². The molecule has 0 bridgehead atoms. The summed E-state index contributed by atoms with van der Waals surface area (Å²) in [6.45, 7) is 0. The highest BCUT2D eigenvalue weighted by molar-refractivity contribution is 5.93. The van der Waals surface area contributed by atoms with E-state index in [0.29, 0.717) is 0 Å². The van der Waals surface area contributed by atoms with E-state index in [4.69, 9.17) is 4.98 Å². The first-order chi connectivity index (χ1) is 16.4. The monoisotopic (exact) mass is 425 g/mol. The summed E-state index contributed by atoms with van der Waals surface area (Å²) < 4.78 is 2.01. The van der Waals surface area contributed by atoms with E-state index in [-0.39, 0.29) is 0 Å². The van der Waals surface area contributed by atoms with Crippen LogP contribution in [0.15, 0.2) is 116 Å². The predicted molar refractivity (Wildman–Crippen MR) is 131 cm³/mol. The van der Waals surface area contributed by atoms with Crippen molar-refractivity contribution in [3.63, 3.8) is 0 Å². The van der Waals surface area contributed by atoms with E-state index in [9.17, 15) is 0 Å². The van der Waals surface area contributed by atoms with E-state index in [1.165, 1.54) is 0 Å². The second kappa shape index (κ2) is 8.13. The van der Waals surface area contributed by atoms with Gasteiger partial charge in [-0.2, -0.15) is 0 Å². The highest BCUT2D eigenvalue weighted by Gasteiger charge is 2.15. The first-order valence-corrected chi connectivity index (χ1v) is 10.7. The average molecular weight is 425 g/mol. The lowest BCUT2D eigenvalue weighted by atomic mass is 10.0. The molecule has 0 spiro atoms. The quantitative estimate of drug-likeness (QED) is 0.337. The summed E-state index contributed by atoms with van der Waals surface area (Å²) in [6.07, 6.45) is 7.39. The molecule has 4 heterocycles. The van der Waals surface area contributed by atoms with Crippen LogP contribution < -0.4 is 0 Å². The average Bonchev–Trinajstić information content (AvgIpc) is 3.35. The summed E-state index contributed by atoms with van der Waals surface area (Å²) in [6, 6.07) is 30.5. The molecule has 5 nitrogen and oxygen atoms in total. The molecule has 0 saturated carbocycles. The second-order valence-electron chi connectivity index (χ2n) is 7.68. The molecule has 4 aromatic heterocycles. The van der Waals surface area contributed by atoms with Crippen LogP contribution in [-0.4, -0.2) is 24.5 Å². The topological polar surface area (TPSA) is 56.5 Å². The largest absolute Gasteiger partial charge is 0.283 e. The summed E-state index contributed by atoms with van der Waals surface area (Å²) in [4.78, 5) is 18.5. The Hall–Kier alpha value is -4.64. The predicted octanol–water partition coefficient (Wildman–Crippen LogP) is 6.21. The Morgan fingerprint density at radius 1 is 0.545 bits per heavy atom. The Kier molecular flexibility index (Phi) is 4.70. The van der Waals surface area contributed by atoms with Gasteiger partial charge in [-0.05, 0) is 35.9 Å². The molecule has 0 aliphatic heterocycles. The number of para-hydroxylation sites is 1. The Morgan fingerprint density at radius 3 is 2.09 bits per heavy atom. The van der Waals surface area contributed by atoms with Crippen molar-refractivity contribution in [2.45, 2.75) is 0 Å². The van der Waals surface area contributed by atoms with Crippen LogP contribution in [0.25, 0.3) is 50.6 Å². The molecule has 33 heavy (non-hydrogen) atoms. The van der Waals surface area contributed by atoms with Gasteiger partial charge in [-0.3, -0.25) is 14.5 Å². The molecule has 156 valence electrons. The Morgan fingerprint density at radius 2 is 1.30 bits per heavy atom. The molecule has 0 amide bonds. The van der Waals surface area contributed by atoms with Crippen molar-refractivity contribution in [1.29, 1.82) is 0 Å². The van der Waals surface area contributed by atoms with Gasteiger partial charge in [0.1, 0.15) is 17.3 Å². The molecule has 5 heteroatoms. The third kappa shape index (κ3) is 3.55. The van der Waals surface area contributed by atoms with Crippen LogP contribution in [0.4, 0.5) is 0 Å². The molecule has 0 atom stereocenters. The van der Waals surface area contributed by atoms with Crippen molar-refractivity contribution in [2.75, 3.05) is 0 Å². The lowest BCUT2D eigenvalue weighted by Crippen LogP contribution is -1.98. The number of hydrogen-bond acceptors (Lipinski definition) is 4. The minimum absolute atomic E-state index is 0.804. The summed E-state index contributed by atoms with van der Waals surface area (Å²) in [7, 11) is 0. The molecule has 6 aromatic rings. The van der Waals surface area contributed by atoms with Gasteiger partial charge >= 0.3 is 0 Å². The maximum atomic E-state index is 4.93. The van der Waals surface area contributed by atoms with Gasteiger partial charge in [0, 0.05) is 41.3 Å². The highest BCUT2D eigenvalue weighted by Crippen LogP contribution is 2.31. The second-order valence-corrected chi connectivity index (χ2v) is 7.68. The minimum atomic E-state index is 0.804. The fraction of sp³-hybridized carbons (Fsp3) is 0. The summed E-state index contributed by atoms with van der Waals surface area (Å²) in [5, 5.41) is 1.13. The smallest absolute Gasteiger partial charge is 0.146 e. The lowest BCUT2D eigenvalue weighted by molar-refractivity contribution is 1.00. The molecular formula is C28H19N5. The lowest BCUT2D eigenvalue weighted by Gasteiger charge is -2.09. The molecule has 0 saturated heterocycles. The summed E-state index contributed by atoms with van der Waals surface area (Å²) >= 11 is 0. The van der Waals surface area contributed by atoms with Gasteiger partial charge in [0.05, 0.1) is 11.2 Å². The SMILES string of the molecule is c1ccc(-c2cn(-c3ccccn3)c(-c3ccc(-c4cccc5cccnc45)cc3)n2)nc1. The summed E-state index contributed by atoms with van der Waals surface area (Å²) in [5.74, 6) is 1.63. The first kappa shape index (κ1) is 19.1. The fourth-order valence-corrected chi connectivity index (χ4v) is 4.03. The van der Waals surface area contributed by atoms with E-state index in [1.807, 2.05) is 59.4 Å². The van der Waals surface area contributed by atoms with Crippen LogP contribution in [0.3, 0.4) is 0 Å². The molecule has 0 aliphatic carbocycles. The molecule has 0 unspecified atom stereocenters. The van der Waals surface area contributed by atoms with Gasteiger partial charge in [-0.25, -0.2) is 9.97 Å². The van der Waals surface area contributed by atoms with Crippen LogP contribution in [-0.2, 0) is 0 Å². The van der Waals surface area contributed by atoms with E-state index in [1.54, 1.807) is 12.4 Å². The standard InChI is InChI=1S/C28H19N5/c1-3-16-29-24(10-1)25-19-33(26-11-2-4-17-30-26)28(32-25)22-14-12-20(13-15-22)23-9-5-7-21-8-6-18-31-27(21)23/h1-19H. The van der Waals surface area contributed by atoms with Crippen LogP contribution in [0.2, 0.25) is 0 Å². The molecular weight excluding hydrogens is 406 g/mol. The van der Waals surface area contributed by atoms with Crippen molar-refractivity contribution < 1.29 is 0 Å². The molecule has 0 radical (unpaired) electrons. The Bertz CT molecular complexity index is 1530. The third-order valence-corrected chi connectivity index (χ3v) is 5.62. The zero-order valence-electron chi connectivity index (χ0n) is 17.7. The number of hydrogen-bond donors (Lipinski definition) is 0. The normalized spacial score (nSPS) is 11.0. The van der Waals surface area contributed by atoms with Gasteiger partial charge < -0.3 is 0 Å². The molecule has 0 N–H and O–H groups in total. The molecule has 2 aromatic carbocycles.